The van der Waals surface area contributed by atoms with Crippen molar-refractivity contribution in [2.75, 3.05) is 26.3 Å². The van der Waals surface area contributed by atoms with Crippen LogP contribution in [0.3, 0.4) is 0 Å². The Morgan fingerprint density at radius 3 is 2.94 bits per heavy atom. The summed E-state index contributed by atoms with van der Waals surface area (Å²) >= 11 is 6.41. The molecule has 4 heteroatoms. The van der Waals surface area contributed by atoms with E-state index >= 15 is 0 Å². The zero-order valence-corrected chi connectivity index (χ0v) is 11.3. The molecule has 0 aliphatic carbocycles. The lowest BCUT2D eigenvalue weighted by Crippen LogP contribution is -2.29. The van der Waals surface area contributed by atoms with E-state index in [-0.39, 0.29) is 0 Å². The van der Waals surface area contributed by atoms with Crippen LogP contribution in [0.1, 0.15) is 29.9 Å². The fourth-order valence-corrected chi connectivity index (χ4v) is 3.06. The molecule has 1 atom stereocenters. The Morgan fingerprint density at radius 2 is 2.17 bits per heavy atom. The second kappa shape index (κ2) is 4.98. The standard InChI is InChI=1S/C14H18ClNO2/c1-9-11(10-3-2-4-16-8-10)7-12-14(13(9)15)18-6-5-17-12/h7,10,16H,2-6,8H2,1H3. The van der Waals surface area contributed by atoms with Crippen LogP contribution in [0.2, 0.25) is 5.02 Å². The number of benzene rings is 1. The highest BCUT2D eigenvalue weighted by Crippen LogP contribution is 2.43. The van der Waals surface area contributed by atoms with Crippen molar-refractivity contribution < 1.29 is 9.47 Å². The number of halogens is 1. The average Bonchev–Trinajstić information content (AvgIpc) is 2.44. The van der Waals surface area contributed by atoms with Gasteiger partial charge in [0.1, 0.15) is 13.2 Å². The third-order valence-corrected chi connectivity index (χ3v) is 4.25. The lowest BCUT2D eigenvalue weighted by atomic mass is 9.88. The van der Waals surface area contributed by atoms with E-state index in [4.69, 9.17) is 21.1 Å². The van der Waals surface area contributed by atoms with Crippen molar-refractivity contribution in [2.45, 2.75) is 25.7 Å². The summed E-state index contributed by atoms with van der Waals surface area (Å²) in [5.41, 5.74) is 2.44. The first-order valence-corrected chi connectivity index (χ1v) is 6.94. The molecule has 1 aromatic carbocycles. The molecule has 1 N–H and O–H groups in total. The molecule has 1 aromatic rings. The SMILES string of the molecule is Cc1c(C2CCCNC2)cc2c(c1Cl)OCCO2. The topological polar surface area (TPSA) is 30.5 Å². The highest BCUT2D eigenvalue weighted by atomic mass is 35.5. The second-order valence-electron chi connectivity index (χ2n) is 4.97. The Bertz CT molecular complexity index is 456. The van der Waals surface area contributed by atoms with Gasteiger partial charge in [-0.2, -0.15) is 0 Å². The molecule has 2 aliphatic heterocycles. The summed E-state index contributed by atoms with van der Waals surface area (Å²) in [4.78, 5) is 0. The maximum absolute atomic E-state index is 6.41. The maximum atomic E-state index is 6.41. The minimum absolute atomic E-state index is 0.534. The van der Waals surface area contributed by atoms with Gasteiger partial charge in [0.05, 0.1) is 5.02 Å². The zero-order chi connectivity index (χ0) is 12.5. The van der Waals surface area contributed by atoms with Gasteiger partial charge in [0.2, 0.25) is 0 Å². The zero-order valence-electron chi connectivity index (χ0n) is 10.6. The van der Waals surface area contributed by atoms with E-state index in [1.54, 1.807) is 0 Å². The van der Waals surface area contributed by atoms with Crippen molar-refractivity contribution in [1.82, 2.24) is 5.32 Å². The molecular weight excluding hydrogens is 250 g/mol. The molecule has 0 saturated carbocycles. The number of fused-ring (bicyclic) bond motifs is 1. The maximum Gasteiger partial charge on any atom is 0.180 e. The fourth-order valence-electron chi connectivity index (χ4n) is 2.80. The average molecular weight is 268 g/mol. The number of piperidine rings is 1. The second-order valence-corrected chi connectivity index (χ2v) is 5.35. The molecular formula is C14H18ClNO2. The summed E-state index contributed by atoms with van der Waals surface area (Å²) in [6, 6.07) is 2.12. The molecule has 98 valence electrons. The van der Waals surface area contributed by atoms with Gasteiger partial charge in [-0.3, -0.25) is 0 Å². The van der Waals surface area contributed by atoms with Crippen molar-refractivity contribution in [2.24, 2.45) is 0 Å². The highest BCUT2D eigenvalue weighted by molar-refractivity contribution is 6.33. The van der Waals surface area contributed by atoms with Crippen molar-refractivity contribution in [3.63, 3.8) is 0 Å². The normalized spacial score (nSPS) is 22.9. The third-order valence-electron chi connectivity index (χ3n) is 3.80. The predicted molar refractivity (Wildman–Crippen MR) is 72.0 cm³/mol. The van der Waals surface area contributed by atoms with Gasteiger partial charge in [-0.1, -0.05) is 11.6 Å². The molecule has 2 heterocycles. The largest absolute Gasteiger partial charge is 0.486 e. The van der Waals surface area contributed by atoms with Gasteiger partial charge < -0.3 is 14.8 Å². The van der Waals surface area contributed by atoms with Gasteiger partial charge >= 0.3 is 0 Å². The van der Waals surface area contributed by atoms with Crippen molar-refractivity contribution >= 4 is 11.6 Å². The van der Waals surface area contributed by atoms with Crippen molar-refractivity contribution in [3.8, 4) is 11.5 Å². The monoisotopic (exact) mass is 267 g/mol. The first-order chi connectivity index (χ1) is 8.77. The summed E-state index contributed by atoms with van der Waals surface area (Å²) in [5, 5.41) is 4.16. The van der Waals surface area contributed by atoms with Crippen molar-refractivity contribution in [1.29, 1.82) is 0 Å². The van der Waals surface area contributed by atoms with E-state index in [2.05, 4.69) is 18.3 Å². The minimum atomic E-state index is 0.534. The molecule has 0 bridgehead atoms. The third kappa shape index (κ3) is 2.06. The first kappa shape index (κ1) is 12.1. The molecule has 0 radical (unpaired) electrons. The molecule has 18 heavy (non-hydrogen) atoms. The summed E-state index contributed by atoms with van der Waals surface area (Å²) in [6.45, 7) is 5.40. The van der Waals surface area contributed by atoms with Crippen LogP contribution in [0.4, 0.5) is 0 Å². The van der Waals surface area contributed by atoms with E-state index in [1.165, 1.54) is 18.4 Å². The smallest absolute Gasteiger partial charge is 0.180 e. The summed E-state index contributed by atoms with van der Waals surface area (Å²) in [5.74, 6) is 2.05. The van der Waals surface area contributed by atoms with Gasteiger partial charge in [-0.05, 0) is 49.4 Å². The van der Waals surface area contributed by atoms with Crippen LogP contribution < -0.4 is 14.8 Å². The Labute approximate surface area is 112 Å². The van der Waals surface area contributed by atoms with Crippen LogP contribution in [0.5, 0.6) is 11.5 Å². The lowest BCUT2D eigenvalue weighted by molar-refractivity contribution is 0.171. The van der Waals surface area contributed by atoms with Gasteiger partial charge in [0.15, 0.2) is 11.5 Å². The van der Waals surface area contributed by atoms with Crippen LogP contribution in [-0.4, -0.2) is 26.3 Å². The highest BCUT2D eigenvalue weighted by Gasteiger charge is 2.24. The minimum Gasteiger partial charge on any atom is -0.486 e. The molecule has 1 unspecified atom stereocenters. The molecule has 3 nitrogen and oxygen atoms in total. The van der Waals surface area contributed by atoms with Crippen LogP contribution in [-0.2, 0) is 0 Å². The lowest BCUT2D eigenvalue weighted by Gasteiger charge is -2.28. The summed E-state index contributed by atoms with van der Waals surface area (Å²) in [7, 11) is 0. The van der Waals surface area contributed by atoms with Crippen LogP contribution in [0.15, 0.2) is 6.07 Å². The molecule has 3 rings (SSSR count). The van der Waals surface area contributed by atoms with Gasteiger partial charge in [0, 0.05) is 6.54 Å². The van der Waals surface area contributed by atoms with Gasteiger partial charge in [-0.15, -0.1) is 0 Å². The van der Waals surface area contributed by atoms with Crippen molar-refractivity contribution in [3.05, 3.63) is 22.2 Å². The molecule has 1 fully saturated rings. The van der Waals surface area contributed by atoms with Crippen LogP contribution in [0.25, 0.3) is 0 Å². The number of hydrogen-bond acceptors (Lipinski definition) is 3. The number of ether oxygens (including phenoxy) is 2. The Morgan fingerprint density at radius 1 is 1.33 bits per heavy atom. The van der Waals surface area contributed by atoms with Gasteiger partial charge in [-0.25, -0.2) is 0 Å². The molecule has 0 aromatic heterocycles. The van der Waals surface area contributed by atoms with E-state index in [9.17, 15) is 0 Å². The molecule has 0 spiro atoms. The van der Waals surface area contributed by atoms with E-state index in [1.807, 2.05) is 0 Å². The molecule has 2 aliphatic rings. The number of rotatable bonds is 1. The number of hydrogen-bond donors (Lipinski definition) is 1. The van der Waals surface area contributed by atoms with E-state index < -0.39 is 0 Å². The Hall–Kier alpha value is -0.930. The Balaban J connectivity index is 2.01. The van der Waals surface area contributed by atoms with E-state index in [0.29, 0.717) is 29.9 Å². The summed E-state index contributed by atoms with van der Waals surface area (Å²) < 4.78 is 11.3. The van der Waals surface area contributed by atoms with E-state index in [0.717, 1.165) is 24.4 Å². The first-order valence-electron chi connectivity index (χ1n) is 6.56. The quantitative estimate of drug-likeness (QED) is 0.849. The molecule has 0 amide bonds. The van der Waals surface area contributed by atoms with Crippen LogP contribution >= 0.6 is 11.6 Å². The fraction of sp³-hybridized carbons (Fsp3) is 0.571. The summed E-state index contributed by atoms with van der Waals surface area (Å²) in [6.07, 6.45) is 2.43. The Kier molecular flexibility index (Phi) is 3.35. The van der Waals surface area contributed by atoms with Crippen LogP contribution in [0, 0.1) is 6.92 Å². The van der Waals surface area contributed by atoms with Gasteiger partial charge in [0.25, 0.3) is 0 Å². The predicted octanol–water partition coefficient (Wildman–Crippen LogP) is 2.89. The molecule has 1 saturated heterocycles. The number of nitrogens with one attached hydrogen (secondary N) is 1.